The Balaban J connectivity index is 1.53. The summed E-state index contributed by atoms with van der Waals surface area (Å²) in [5, 5.41) is 11.4. The Morgan fingerprint density at radius 2 is 1.48 bits per heavy atom. The van der Waals surface area contributed by atoms with Gasteiger partial charge < -0.3 is 24.2 Å². The summed E-state index contributed by atoms with van der Waals surface area (Å²) in [5.74, 6) is -0.0117. The quantitative estimate of drug-likeness (QED) is 0.130. The summed E-state index contributed by atoms with van der Waals surface area (Å²) in [6.45, 7) is 3.03. The van der Waals surface area contributed by atoms with Gasteiger partial charge in [-0.2, -0.15) is 0 Å². The van der Waals surface area contributed by atoms with Crippen molar-refractivity contribution in [3.63, 3.8) is 0 Å². The third-order valence-electron chi connectivity index (χ3n) is 7.20. The number of rotatable bonds is 11. The predicted molar refractivity (Wildman–Crippen MR) is 161 cm³/mol. The molecule has 0 aromatic heterocycles. The van der Waals surface area contributed by atoms with Gasteiger partial charge in [0.1, 0.15) is 18.1 Å². The molecular weight excluding hydrogens is 530 g/mol. The van der Waals surface area contributed by atoms with Crippen LogP contribution < -0.4 is 14.2 Å². The second kappa shape index (κ2) is 13.1. The zero-order valence-electron chi connectivity index (χ0n) is 23.7. The highest BCUT2D eigenvalue weighted by molar-refractivity contribution is 6.46. The maximum absolute atomic E-state index is 13.5. The van der Waals surface area contributed by atoms with Crippen LogP contribution in [0.5, 0.6) is 17.2 Å². The van der Waals surface area contributed by atoms with E-state index in [1.807, 2.05) is 67.6 Å². The van der Waals surface area contributed by atoms with Gasteiger partial charge in [0.2, 0.25) is 0 Å². The van der Waals surface area contributed by atoms with E-state index in [1.165, 1.54) is 4.90 Å². The van der Waals surface area contributed by atoms with Crippen molar-refractivity contribution in [2.75, 3.05) is 20.3 Å². The van der Waals surface area contributed by atoms with E-state index in [4.69, 9.17) is 14.2 Å². The average molecular weight is 564 g/mol. The minimum absolute atomic E-state index is 0.0252. The van der Waals surface area contributed by atoms with Crippen molar-refractivity contribution in [1.29, 1.82) is 0 Å². The van der Waals surface area contributed by atoms with E-state index in [0.717, 1.165) is 11.1 Å². The average Bonchev–Trinajstić information content (AvgIpc) is 3.29. The lowest BCUT2D eigenvalue weighted by Crippen LogP contribution is -2.31. The molecule has 214 valence electrons. The zero-order valence-corrected chi connectivity index (χ0v) is 23.7. The Morgan fingerprint density at radius 3 is 2.12 bits per heavy atom. The van der Waals surface area contributed by atoms with Crippen LogP contribution in [-0.4, -0.2) is 42.0 Å². The van der Waals surface area contributed by atoms with E-state index in [-0.39, 0.29) is 17.9 Å². The summed E-state index contributed by atoms with van der Waals surface area (Å²) < 4.78 is 17.2. The number of ketones is 1. The van der Waals surface area contributed by atoms with Gasteiger partial charge in [-0.05, 0) is 66.4 Å². The molecule has 0 aliphatic carbocycles. The molecule has 1 atom stereocenters. The van der Waals surface area contributed by atoms with Crippen LogP contribution in [0.4, 0.5) is 0 Å². The lowest BCUT2D eigenvalue weighted by molar-refractivity contribution is -0.139. The lowest BCUT2D eigenvalue weighted by atomic mass is 9.94. The lowest BCUT2D eigenvalue weighted by Gasteiger charge is -2.26. The number of methoxy groups -OCH3 is 1. The molecule has 0 radical (unpaired) electrons. The van der Waals surface area contributed by atoms with Crippen LogP contribution in [0.25, 0.3) is 5.76 Å². The van der Waals surface area contributed by atoms with Crippen LogP contribution in [0.3, 0.4) is 0 Å². The van der Waals surface area contributed by atoms with Crippen molar-refractivity contribution in [2.45, 2.75) is 26.0 Å². The number of amides is 1. The standard InChI is InChI=1S/C35H33NO6/c1-3-41-28-17-14-26(15-18-28)33(37)31-32(36(35(39)34(31)38)21-20-24-10-6-4-7-11-24)27-16-19-29(30(22-27)40-2)42-23-25-12-8-5-9-13-25/h4-19,22,32,37H,3,20-21,23H2,1-2H3/t32-/m0/s1. The Kier molecular flexibility index (Phi) is 8.87. The van der Waals surface area contributed by atoms with Crippen LogP contribution in [-0.2, 0) is 22.6 Å². The number of aliphatic hydroxyl groups excluding tert-OH is 1. The molecule has 1 heterocycles. The van der Waals surface area contributed by atoms with Gasteiger partial charge >= 0.3 is 0 Å². The highest BCUT2D eigenvalue weighted by atomic mass is 16.5. The van der Waals surface area contributed by atoms with Crippen LogP contribution in [0.1, 0.15) is 35.2 Å². The van der Waals surface area contributed by atoms with Crippen molar-refractivity contribution in [2.24, 2.45) is 0 Å². The summed E-state index contributed by atoms with van der Waals surface area (Å²) in [5.41, 5.74) is 3.11. The fraction of sp³-hybridized carbons (Fsp3) is 0.200. The summed E-state index contributed by atoms with van der Waals surface area (Å²) in [7, 11) is 1.54. The molecule has 7 nitrogen and oxygen atoms in total. The molecule has 1 N–H and O–H groups in total. The number of likely N-dealkylation sites (tertiary alicyclic amines) is 1. The van der Waals surface area contributed by atoms with Gasteiger partial charge in [0.25, 0.3) is 11.7 Å². The van der Waals surface area contributed by atoms with E-state index in [0.29, 0.717) is 48.0 Å². The number of carbonyl (C=O) groups is 2. The van der Waals surface area contributed by atoms with Gasteiger partial charge in [0.15, 0.2) is 11.5 Å². The highest BCUT2D eigenvalue weighted by Crippen LogP contribution is 2.42. The third kappa shape index (κ3) is 6.15. The Morgan fingerprint density at radius 1 is 0.810 bits per heavy atom. The summed E-state index contributed by atoms with van der Waals surface area (Å²) in [6, 6.07) is 30.9. The predicted octanol–water partition coefficient (Wildman–Crippen LogP) is 6.34. The molecule has 1 saturated heterocycles. The molecule has 1 aliphatic rings. The molecule has 4 aromatic rings. The second-order valence-corrected chi connectivity index (χ2v) is 9.87. The minimum Gasteiger partial charge on any atom is -0.507 e. The first kappa shape index (κ1) is 28.5. The fourth-order valence-corrected chi connectivity index (χ4v) is 5.09. The van der Waals surface area contributed by atoms with Crippen LogP contribution >= 0.6 is 0 Å². The zero-order chi connectivity index (χ0) is 29.5. The topological polar surface area (TPSA) is 85.3 Å². The fourth-order valence-electron chi connectivity index (χ4n) is 5.09. The van der Waals surface area contributed by atoms with Crippen molar-refractivity contribution < 1.29 is 28.9 Å². The molecule has 0 spiro atoms. The smallest absolute Gasteiger partial charge is 0.295 e. The van der Waals surface area contributed by atoms with Gasteiger partial charge in [0, 0.05) is 12.1 Å². The Hall–Kier alpha value is -5.04. The molecule has 4 aromatic carbocycles. The van der Waals surface area contributed by atoms with Gasteiger partial charge in [-0.1, -0.05) is 66.7 Å². The number of hydrogen-bond donors (Lipinski definition) is 1. The number of Topliss-reactive ketones (excluding diaryl/α,β-unsaturated/α-hetero) is 1. The van der Waals surface area contributed by atoms with E-state index < -0.39 is 17.7 Å². The van der Waals surface area contributed by atoms with E-state index in [9.17, 15) is 14.7 Å². The van der Waals surface area contributed by atoms with Crippen molar-refractivity contribution in [3.05, 3.63) is 131 Å². The van der Waals surface area contributed by atoms with Crippen LogP contribution in [0, 0.1) is 0 Å². The minimum atomic E-state index is -0.822. The molecule has 0 saturated carbocycles. The monoisotopic (exact) mass is 563 g/mol. The van der Waals surface area contributed by atoms with Gasteiger partial charge in [-0.3, -0.25) is 9.59 Å². The molecule has 42 heavy (non-hydrogen) atoms. The van der Waals surface area contributed by atoms with E-state index in [2.05, 4.69) is 0 Å². The summed E-state index contributed by atoms with van der Waals surface area (Å²) >= 11 is 0. The molecule has 1 fully saturated rings. The van der Waals surface area contributed by atoms with Gasteiger partial charge in [0.05, 0.1) is 25.3 Å². The Bertz CT molecular complexity index is 1560. The largest absolute Gasteiger partial charge is 0.507 e. The number of nitrogens with zero attached hydrogens (tertiary/aromatic N) is 1. The molecule has 1 aliphatic heterocycles. The maximum atomic E-state index is 13.5. The molecule has 1 amide bonds. The molecule has 0 unspecified atom stereocenters. The summed E-state index contributed by atoms with van der Waals surface area (Å²) in [4.78, 5) is 28.4. The number of benzene rings is 4. The van der Waals surface area contributed by atoms with Crippen molar-refractivity contribution >= 4 is 17.4 Å². The van der Waals surface area contributed by atoms with Gasteiger partial charge in [-0.15, -0.1) is 0 Å². The first-order chi connectivity index (χ1) is 20.5. The molecular formula is C35H33NO6. The number of hydrogen-bond acceptors (Lipinski definition) is 6. The third-order valence-corrected chi connectivity index (χ3v) is 7.20. The maximum Gasteiger partial charge on any atom is 0.295 e. The van der Waals surface area contributed by atoms with Crippen LogP contribution in [0.2, 0.25) is 0 Å². The molecule has 5 rings (SSSR count). The SMILES string of the molecule is CCOc1ccc(C(O)=C2C(=O)C(=O)N(CCc3ccccc3)[C@H]2c2ccc(OCc3ccccc3)c(OC)c2)cc1. The van der Waals surface area contributed by atoms with E-state index in [1.54, 1.807) is 49.6 Å². The molecule has 7 heteroatoms. The first-order valence-electron chi connectivity index (χ1n) is 13.9. The highest BCUT2D eigenvalue weighted by Gasteiger charge is 2.46. The number of carbonyl (C=O) groups excluding carboxylic acids is 2. The number of ether oxygens (including phenoxy) is 3. The number of aliphatic hydroxyl groups is 1. The van der Waals surface area contributed by atoms with Crippen molar-refractivity contribution in [3.8, 4) is 17.2 Å². The van der Waals surface area contributed by atoms with Gasteiger partial charge in [-0.25, -0.2) is 0 Å². The van der Waals surface area contributed by atoms with Crippen molar-refractivity contribution in [1.82, 2.24) is 4.90 Å². The normalized spacial score (nSPS) is 16.0. The summed E-state index contributed by atoms with van der Waals surface area (Å²) in [6.07, 6.45) is 0.545. The first-order valence-corrected chi connectivity index (χ1v) is 13.9. The Labute approximate surface area is 245 Å². The molecule has 0 bridgehead atoms. The van der Waals surface area contributed by atoms with E-state index >= 15 is 0 Å². The van der Waals surface area contributed by atoms with Crippen LogP contribution in [0.15, 0.2) is 109 Å². The second-order valence-electron chi connectivity index (χ2n) is 9.87.